The second kappa shape index (κ2) is 13.5. The molecule has 1 aliphatic carbocycles. The van der Waals surface area contributed by atoms with E-state index in [-0.39, 0.29) is 49.0 Å². The third kappa shape index (κ3) is 6.96. The summed E-state index contributed by atoms with van der Waals surface area (Å²) in [5.41, 5.74) is 7.11. The number of hydrogen-bond donors (Lipinski definition) is 2. The van der Waals surface area contributed by atoms with E-state index in [0.29, 0.717) is 18.5 Å². The average molecular weight is 454 g/mol. The van der Waals surface area contributed by atoms with Crippen molar-refractivity contribution in [2.24, 2.45) is 17.6 Å². The quantitative estimate of drug-likeness (QED) is 0.695. The Morgan fingerprint density at radius 3 is 2.36 bits per heavy atom. The summed E-state index contributed by atoms with van der Waals surface area (Å²) < 4.78 is 0. The molecular formula is C20H35Cl3N4O. The van der Waals surface area contributed by atoms with Crippen LogP contribution < -0.4 is 16.0 Å². The Morgan fingerprint density at radius 2 is 1.75 bits per heavy atom. The lowest BCUT2D eigenvalue weighted by Gasteiger charge is -2.39. The number of piperazine rings is 1. The standard InChI is InChI=1S/C20H32N4O.3ClH/c1-16(15-22-20(25)19-9-5-6-17(19)14-21)23-10-12-24(13-11-23)18-7-3-2-4-8-18;;;/h2-4,7-8,16-17,19H,5-6,9-15,21H2,1H3,(H,22,25);3*1H/t16?,17-,19-;;;/m1.../s1. The number of amides is 1. The Labute approximate surface area is 188 Å². The number of hydrogen-bond acceptors (Lipinski definition) is 4. The van der Waals surface area contributed by atoms with Crippen molar-refractivity contribution >= 4 is 48.8 Å². The molecule has 162 valence electrons. The molecule has 0 bridgehead atoms. The highest BCUT2D eigenvalue weighted by Crippen LogP contribution is 2.30. The van der Waals surface area contributed by atoms with E-state index in [1.54, 1.807) is 0 Å². The van der Waals surface area contributed by atoms with Gasteiger partial charge in [0.1, 0.15) is 0 Å². The lowest BCUT2D eigenvalue weighted by Crippen LogP contribution is -2.52. The van der Waals surface area contributed by atoms with Crippen LogP contribution in [0.2, 0.25) is 0 Å². The molecule has 1 unspecified atom stereocenters. The maximum atomic E-state index is 12.4. The summed E-state index contributed by atoms with van der Waals surface area (Å²) in [5, 5.41) is 3.18. The van der Waals surface area contributed by atoms with Crippen LogP contribution in [0.3, 0.4) is 0 Å². The fourth-order valence-electron chi connectivity index (χ4n) is 4.23. The minimum atomic E-state index is 0. The van der Waals surface area contributed by atoms with Gasteiger partial charge in [0.25, 0.3) is 0 Å². The number of nitrogens with two attached hydrogens (primary N) is 1. The summed E-state index contributed by atoms with van der Waals surface area (Å²) in [6, 6.07) is 11.0. The van der Waals surface area contributed by atoms with Crippen molar-refractivity contribution in [3.8, 4) is 0 Å². The first-order valence-corrected chi connectivity index (χ1v) is 9.71. The molecule has 0 spiro atoms. The Kier molecular flexibility index (Phi) is 13.1. The van der Waals surface area contributed by atoms with Crippen molar-refractivity contribution in [2.75, 3.05) is 44.2 Å². The van der Waals surface area contributed by atoms with E-state index >= 15 is 0 Å². The molecule has 2 aliphatic rings. The van der Waals surface area contributed by atoms with Crippen LogP contribution in [0.15, 0.2) is 30.3 Å². The van der Waals surface area contributed by atoms with Crippen molar-refractivity contribution < 1.29 is 4.79 Å². The van der Waals surface area contributed by atoms with E-state index in [2.05, 4.69) is 52.4 Å². The molecule has 1 aromatic carbocycles. The summed E-state index contributed by atoms with van der Waals surface area (Å²) in [5.74, 6) is 0.722. The topological polar surface area (TPSA) is 61.6 Å². The van der Waals surface area contributed by atoms with Gasteiger partial charge in [0, 0.05) is 50.4 Å². The molecule has 0 aromatic heterocycles. The van der Waals surface area contributed by atoms with E-state index < -0.39 is 0 Å². The van der Waals surface area contributed by atoms with Gasteiger partial charge in [-0.05, 0) is 44.4 Å². The predicted octanol–water partition coefficient (Wildman–Crippen LogP) is 2.95. The Balaban J connectivity index is 0.00000243. The molecule has 1 saturated carbocycles. The third-order valence-corrected chi connectivity index (χ3v) is 5.93. The summed E-state index contributed by atoms with van der Waals surface area (Å²) in [7, 11) is 0. The van der Waals surface area contributed by atoms with Crippen LogP contribution in [0, 0.1) is 11.8 Å². The van der Waals surface area contributed by atoms with Crippen LogP contribution in [-0.4, -0.2) is 56.1 Å². The number of carbonyl (C=O) groups is 1. The average Bonchev–Trinajstić information content (AvgIpc) is 3.15. The minimum absolute atomic E-state index is 0. The van der Waals surface area contributed by atoms with Crippen LogP contribution in [0.4, 0.5) is 5.69 Å². The molecule has 1 saturated heterocycles. The van der Waals surface area contributed by atoms with Crippen molar-refractivity contribution in [3.63, 3.8) is 0 Å². The lowest BCUT2D eigenvalue weighted by molar-refractivity contribution is -0.126. The molecule has 8 heteroatoms. The largest absolute Gasteiger partial charge is 0.369 e. The van der Waals surface area contributed by atoms with Gasteiger partial charge in [0.2, 0.25) is 5.91 Å². The highest BCUT2D eigenvalue weighted by atomic mass is 35.5. The molecule has 1 aliphatic heterocycles. The monoisotopic (exact) mass is 452 g/mol. The maximum Gasteiger partial charge on any atom is 0.223 e. The van der Waals surface area contributed by atoms with Crippen molar-refractivity contribution in [2.45, 2.75) is 32.2 Å². The Bertz CT molecular complexity index is 556. The number of nitrogens with zero attached hydrogens (tertiary/aromatic N) is 2. The first-order chi connectivity index (χ1) is 12.2. The highest BCUT2D eigenvalue weighted by Gasteiger charge is 2.32. The van der Waals surface area contributed by atoms with Crippen molar-refractivity contribution in [1.29, 1.82) is 0 Å². The fraction of sp³-hybridized carbons (Fsp3) is 0.650. The number of anilines is 1. The SMILES string of the molecule is CC(CNC(=O)[C@@H]1CCC[C@@H]1CN)N1CCN(c2ccccc2)CC1.Cl.Cl.Cl. The number of carbonyl (C=O) groups excluding carboxylic acids is 1. The van der Waals surface area contributed by atoms with E-state index in [1.807, 2.05) is 0 Å². The molecule has 28 heavy (non-hydrogen) atoms. The normalized spacial score (nSPS) is 23.0. The van der Waals surface area contributed by atoms with Crippen LogP contribution in [0.1, 0.15) is 26.2 Å². The zero-order chi connectivity index (χ0) is 17.6. The number of rotatable bonds is 6. The molecule has 3 rings (SSSR count). The van der Waals surface area contributed by atoms with Gasteiger partial charge in [-0.1, -0.05) is 24.6 Å². The van der Waals surface area contributed by atoms with Crippen LogP contribution in [0.5, 0.6) is 0 Å². The predicted molar refractivity (Wildman–Crippen MR) is 124 cm³/mol. The highest BCUT2D eigenvalue weighted by molar-refractivity contribution is 5.86. The molecule has 1 heterocycles. The van der Waals surface area contributed by atoms with E-state index in [9.17, 15) is 4.79 Å². The van der Waals surface area contributed by atoms with E-state index in [0.717, 1.165) is 52.0 Å². The molecule has 1 amide bonds. The first-order valence-electron chi connectivity index (χ1n) is 9.71. The number of benzene rings is 1. The second-order valence-electron chi connectivity index (χ2n) is 7.49. The summed E-state index contributed by atoms with van der Waals surface area (Å²) in [4.78, 5) is 17.4. The molecule has 0 radical (unpaired) electrons. The zero-order valence-corrected chi connectivity index (χ0v) is 19.0. The fourth-order valence-corrected chi connectivity index (χ4v) is 4.23. The van der Waals surface area contributed by atoms with Gasteiger partial charge in [0.05, 0.1) is 0 Å². The lowest BCUT2D eigenvalue weighted by atomic mass is 9.95. The van der Waals surface area contributed by atoms with Gasteiger partial charge in [0.15, 0.2) is 0 Å². The Hall–Kier alpha value is -0.720. The first kappa shape index (κ1) is 27.3. The van der Waals surface area contributed by atoms with Crippen LogP contribution in [0.25, 0.3) is 0 Å². The van der Waals surface area contributed by atoms with E-state index in [4.69, 9.17) is 5.73 Å². The molecule has 3 N–H and O–H groups in total. The summed E-state index contributed by atoms with van der Waals surface area (Å²) >= 11 is 0. The second-order valence-corrected chi connectivity index (χ2v) is 7.49. The molecule has 3 atom stereocenters. The molecule has 1 aromatic rings. The number of nitrogens with one attached hydrogen (secondary N) is 1. The van der Waals surface area contributed by atoms with Gasteiger partial charge in [-0.15, -0.1) is 37.2 Å². The van der Waals surface area contributed by atoms with Gasteiger partial charge in [-0.25, -0.2) is 0 Å². The van der Waals surface area contributed by atoms with Gasteiger partial charge >= 0.3 is 0 Å². The van der Waals surface area contributed by atoms with Crippen LogP contribution >= 0.6 is 37.2 Å². The molecular weight excluding hydrogens is 419 g/mol. The summed E-state index contributed by atoms with van der Waals surface area (Å²) in [6.45, 7) is 7.75. The van der Waals surface area contributed by atoms with Crippen molar-refractivity contribution in [1.82, 2.24) is 10.2 Å². The third-order valence-electron chi connectivity index (χ3n) is 5.93. The van der Waals surface area contributed by atoms with Gasteiger partial charge < -0.3 is 16.0 Å². The number of para-hydroxylation sites is 1. The van der Waals surface area contributed by atoms with Crippen LogP contribution in [-0.2, 0) is 4.79 Å². The zero-order valence-electron chi connectivity index (χ0n) is 16.6. The Morgan fingerprint density at radius 1 is 1.11 bits per heavy atom. The molecule has 2 fully saturated rings. The smallest absolute Gasteiger partial charge is 0.223 e. The maximum absolute atomic E-state index is 12.4. The summed E-state index contributed by atoms with van der Waals surface area (Å²) in [6.07, 6.45) is 3.24. The minimum Gasteiger partial charge on any atom is -0.369 e. The van der Waals surface area contributed by atoms with Gasteiger partial charge in [-0.3, -0.25) is 9.69 Å². The molecule has 5 nitrogen and oxygen atoms in total. The van der Waals surface area contributed by atoms with E-state index in [1.165, 1.54) is 5.69 Å². The van der Waals surface area contributed by atoms with Gasteiger partial charge in [-0.2, -0.15) is 0 Å². The number of halogens is 3. The van der Waals surface area contributed by atoms with Crippen molar-refractivity contribution in [3.05, 3.63) is 30.3 Å².